The van der Waals surface area contributed by atoms with Crippen molar-refractivity contribution in [3.8, 4) is 28.3 Å². The van der Waals surface area contributed by atoms with Gasteiger partial charge in [-0.1, -0.05) is 48.5 Å². The second-order valence-corrected chi connectivity index (χ2v) is 14.5. The van der Waals surface area contributed by atoms with Gasteiger partial charge in [0.25, 0.3) is 0 Å². The maximum atomic E-state index is 14.9. The Kier molecular flexibility index (Phi) is 6.67. The third-order valence-electron chi connectivity index (χ3n) is 11.4. The summed E-state index contributed by atoms with van der Waals surface area (Å²) in [5.41, 5.74) is 2.90. The lowest BCUT2D eigenvalue weighted by atomic mass is 9.95. The van der Waals surface area contributed by atoms with Crippen molar-refractivity contribution in [1.82, 2.24) is 8.80 Å². The molecule has 0 aliphatic carbocycles. The van der Waals surface area contributed by atoms with Crippen molar-refractivity contribution in [3.63, 3.8) is 0 Å². The molecule has 0 aliphatic heterocycles. The minimum Gasteiger partial charge on any atom is -0.307 e. The van der Waals surface area contributed by atoms with Crippen LogP contribution in [0.25, 0.3) is 98.4 Å². The van der Waals surface area contributed by atoms with Crippen molar-refractivity contribution >= 4 is 76.2 Å². The van der Waals surface area contributed by atoms with Crippen LogP contribution in [-0.2, 0) is 6.18 Å². The topological polar surface area (TPSA) is 101 Å². The van der Waals surface area contributed by atoms with Gasteiger partial charge in [0.2, 0.25) is 0 Å². The second-order valence-electron chi connectivity index (χ2n) is 14.5. The molecule has 274 valence electrons. The van der Waals surface area contributed by atoms with E-state index in [0.29, 0.717) is 77.1 Å². The largest absolute Gasteiger partial charge is 0.416 e. The Morgan fingerprint density at radius 2 is 0.810 bits per heavy atom. The van der Waals surface area contributed by atoms with Gasteiger partial charge in [-0.15, -0.1) is 0 Å². The fourth-order valence-electron chi connectivity index (χ4n) is 8.72. The second kappa shape index (κ2) is 11.6. The first-order chi connectivity index (χ1) is 28.0. The monoisotopic (exact) mass is 761 g/mol. The van der Waals surface area contributed by atoms with Gasteiger partial charge in [0.15, 0.2) is 21.7 Å². The zero-order valence-corrected chi connectivity index (χ0v) is 29.8. The van der Waals surface area contributed by atoms with E-state index in [-0.39, 0.29) is 37.8 Å². The van der Waals surface area contributed by atoms with Crippen molar-refractivity contribution in [1.29, 1.82) is 5.26 Å². The lowest BCUT2D eigenvalue weighted by molar-refractivity contribution is -0.137. The van der Waals surface area contributed by atoms with Crippen LogP contribution in [0.5, 0.6) is 0 Å². The first-order valence-corrected chi connectivity index (χ1v) is 18.2. The van der Waals surface area contributed by atoms with Crippen LogP contribution in [0.15, 0.2) is 153 Å². The van der Waals surface area contributed by atoms with E-state index in [1.165, 1.54) is 12.1 Å². The van der Waals surface area contributed by atoms with E-state index in [1.807, 2.05) is 20.9 Å². The Morgan fingerprint density at radius 3 is 1.22 bits per heavy atom. The molecule has 0 unspecified atom stereocenters. The zero-order valence-electron chi connectivity index (χ0n) is 29.8. The summed E-state index contributed by atoms with van der Waals surface area (Å²) in [7, 11) is 0. The first kappa shape index (κ1) is 33.4. The van der Waals surface area contributed by atoms with Gasteiger partial charge in [0.05, 0.1) is 50.3 Å². The maximum Gasteiger partial charge on any atom is 0.416 e. The standard InChI is InChI=1S/C48H22F3N3O4/c49-48(50,51)29-15-13-26(14-16-29)28-18-35-43-37(20-28)47(58)33-21-32-40(22-41(33)54(43)39-8-4-2-6-31(39)45(35)56)53-38-7-3-1-5-30(38)44(55)34-17-27(19-36(42(34)53)46(32)57)25-11-9-24(23-52)10-12-25/h1-22H. The summed E-state index contributed by atoms with van der Waals surface area (Å²) in [6.07, 6.45) is -4.55. The summed E-state index contributed by atoms with van der Waals surface area (Å²) in [5.74, 6) is 0. The highest BCUT2D eigenvalue weighted by Gasteiger charge is 2.30. The molecule has 0 saturated heterocycles. The third kappa shape index (κ3) is 4.49. The number of pyridine rings is 4. The number of hydrogen-bond donors (Lipinski definition) is 0. The molecular formula is C48H22F3N3O4. The van der Waals surface area contributed by atoms with Crippen LogP contribution in [-0.4, -0.2) is 8.80 Å². The van der Waals surface area contributed by atoms with Crippen LogP contribution in [0.1, 0.15) is 11.1 Å². The molecular weight excluding hydrogens is 740 g/mol. The molecule has 0 amide bonds. The number of alkyl halides is 3. The van der Waals surface area contributed by atoms with E-state index >= 15 is 0 Å². The van der Waals surface area contributed by atoms with Gasteiger partial charge >= 0.3 is 6.18 Å². The highest BCUT2D eigenvalue weighted by atomic mass is 19.4. The molecule has 0 aliphatic rings. The fraction of sp³-hybridized carbons (Fsp3) is 0.0208. The van der Waals surface area contributed by atoms with E-state index in [4.69, 9.17) is 0 Å². The Morgan fingerprint density at radius 1 is 0.414 bits per heavy atom. The Bertz CT molecular complexity index is 3920. The molecule has 11 aromatic rings. The number of halogens is 3. The Balaban J connectivity index is 1.33. The van der Waals surface area contributed by atoms with Crippen LogP contribution in [0, 0.1) is 11.3 Å². The molecule has 4 heterocycles. The maximum absolute atomic E-state index is 14.9. The number of hydrogen-bond acceptors (Lipinski definition) is 5. The molecule has 0 fully saturated rings. The lowest BCUT2D eigenvalue weighted by Gasteiger charge is -2.19. The van der Waals surface area contributed by atoms with E-state index in [1.54, 1.807) is 97.1 Å². The van der Waals surface area contributed by atoms with Gasteiger partial charge in [-0.25, -0.2) is 0 Å². The quantitative estimate of drug-likeness (QED) is 0.129. The molecule has 7 nitrogen and oxygen atoms in total. The van der Waals surface area contributed by atoms with Crippen LogP contribution < -0.4 is 21.7 Å². The zero-order chi connectivity index (χ0) is 39.8. The molecule has 4 aromatic heterocycles. The van der Waals surface area contributed by atoms with E-state index in [2.05, 4.69) is 6.07 Å². The molecule has 11 rings (SSSR count). The minimum atomic E-state index is -4.55. The average Bonchev–Trinajstić information content (AvgIpc) is 3.25. The predicted octanol–water partition coefficient (Wildman–Crippen LogP) is 9.65. The molecule has 7 aromatic carbocycles. The average molecular weight is 762 g/mol. The molecule has 0 atom stereocenters. The van der Waals surface area contributed by atoms with Crippen molar-refractivity contribution in [2.75, 3.05) is 0 Å². The van der Waals surface area contributed by atoms with Gasteiger partial charge in [0, 0.05) is 43.1 Å². The number of fused-ring (bicyclic) bond motifs is 8. The minimum absolute atomic E-state index is 0.158. The van der Waals surface area contributed by atoms with Crippen molar-refractivity contribution in [2.45, 2.75) is 6.18 Å². The number of aromatic nitrogens is 2. The molecule has 0 N–H and O–H groups in total. The summed E-state index contributed by atoms with van der Waals surface area (Å²) in [6.45, 7) is 0. The Hall–Kier alpha value is -7.90. The molecule has 0 spiro atoms. The van der Waals surface area contributed by atoms with Gasteiger partial charge in [-0.2, -0.15) is 18.4 Å². The van der Waals surface area contributed by atoms with E-state index in [0.717, 1.165) is 12.1 Å². The van der Waals surface area contributed by atoms with Gasteiger partial charge in [0.1, 0.15) is 0 Å². The summed E-state index contributed by atoms with van der Waals surface area (Å²) in [4.78, 5) is 58.2. The summed E-state index contributed by atoms with van der Waals surface area (Å²) in [5, 5.41) is 11.5. The molecule has 0 radical (unpaired) electrons. The lowest BCUT2D eigenvalue weighted by Crippen LogP contribution is -2.17. The van der Waals surface area contributed by atoms with Crippen LogP contribution in [0.2, 0.25) is 0 Å². The van der Waals surface area contributed by atoms with E-state index < -0.39 is 22.6 Å². The number of rotatable bonds is 2. The van der Waals surface area contributed by atoms with Crippen molar-refractivity contribution in [2.24, 2.45) is 0 Å². The summed E-state index contributed by atoms with van der Waals surface area (Å²) < 4.78 is 44.1. The van der Waals surface area contributed by atoms with Crippen LogP contribution in [0.4, 0.5) is 13.2 Å². The molecule has 0 saturated carbocycles. The fourth-order valence-corrected chi connectivity index (χ4v) is 8.72. The SMILES string of the molecule is N#Cc1ccc(-c2cc3c(=O)c4ccccc4n4c5cc6c(cc5c(=O)c(c2)c34)c(=O)c2cc(-c3ccc(C(F)(F)F)cc3)cc3c(=O)c4ccccc4n6c32)cc1. The van der Waals surface area contributed by atoms with Gasteiger partial charge < -0.3 is 8.80 Å². The highest BCUT2D eigenvalue weighted by molar-refractivity contribution is 6.14. The summed E-state index contributed by atoms with van der Waals surface area (Å²) >= 11 is 0. The smallest absolute Gasteiger partial charge is 0.307 e. The molecule has 10 heteroatoms. The van der Waals surface area contributed by atoms with Crippen molar-refractivity contribution < 1.29 is 13.2 Å². The van der Waals surface area contributed by atoms with Crippen molar-refractivity contribution in [3.05, 3.63) is 185 Å². The predicted molar refractivity (Wildman–Crippen MR) is 221 cm³/mol. The highest BCUT2D eigenvalue weighted by Crippen LogP contribution is 2.37. The number of benzene rings is 7. The molecule has 0 bridgehead atoms. The van der Waals surface area contributed by atoms with Gasteiger partial charge in [-0.05, 0) is 107 Å². The molecule has 58 heavy (non-hydrogen) atoms. The number of nitrogens with zero attached hydrogens (tertiary/aromatic N) is 3. The third-order valence-corrected chi connectivity index (χ3v) is 11.4. The van der Waals surface area contributed by atoms with Gasteiger partial charge in [-0.3, -0.25) is 19.2 Å². The normalized spacial score (nSPS) is 12.3. The Labute approximate surface area is 322 Å². The summed E-state index contributed by atoms with van der Waals surface area (Å²) in [6, 6.07) is 37.6. The first-order valence-electron chi connectivity index (χ1n) is 18.2. The van der Waals surface area contributed by atoms with Crippen LogP contribution >= 0.6 is 0 Å². The number of para-hydroxylation sites is 2. The van der Waals surface area contributed by atoms with E-state index in [9.17, 15) is 37.6 Å². The van der Waals surface area contributed by atoms with Crippen LogP contribution in [0.3, 0.4) is 0 Å². The number of nitriles is 1.